The lowest BCUT2D eigenvalue weighted by Crippen LogP contribution is -2.26. The summed E-state index contributed by atoms with van der Waals surface area (Å²) in [4.78, 5) is 3.15. The van der Waals surface area contributed by atoms with Crippen LogP contribution in [0, 0.1) is 0 Å². The van der Waals surface area contributed by atoms with Gasteiger partial charge < -0.3 is 10.2 Å². The monoisotopic (exact) mass is 333 g/mol. The lowest BCUT2D eigenvalue weighted by Gasteiger charge is -2.09. The number of sulfonamides is 1. The fourth-order valence-corrected chi connectivity index (χ4v) is 4.30. The Labute approximate surface area is 132 Å². The molecule has 21 heavy (non-hydrogen) atoms. The molecule has 0 unspecified atom stereocenters. The summed E-state index contributed by atoms with van der Waals surface area (Å²) in [7, 11) is 0.615. The molecule has 5 nitrogen and oxygen atoms in total. The van der Waals surface area contributed by atoms with Crippen LogP contribution in [0.5, 0.6) is 0 Å². The average Bonchev–Trinajstić information content (AvgIpc) is 2.89. The third kappa shape index (κ3) is 7.37. The van der Waals surface area contributed by atoms with Crippen LogP contribution in [0.1, 0.15) is 24.6 Å². The van der Waals surface area contributed by atoms with Crippen LogP contribution in [0.25, 0.3) is 0 Å². The Bertz CT molecular complexity index is 498. The first kappa shape index (κ1) is 18.6. The minimum Gasteiger partial charge on any atom is -0.316 e. The van der Waals surface area contributed by atoms with Crippen LogP contribution < -0.4 is 10.0 Å². The summed E-state index contributed by atoms with van der Waals surface area (Å²) in [5.74, 6) is 0. The Balaban J connectivity index is 2.42. The van der Waals surface area contributed by atoms with Gasteiger partial charge in [-0.2, -0.15) is 0 Å². The van der Waals surface area contributed by atoms with Gasteiger partial charge in [0.25, 0.3) is 0 Å². The first-order chi connectivity index (χ1) is 9.95. The summed E-state index contributed by atoms with van der Waals surface area (Å²) in [6.45, 7) is 5.38. The molecule has 1 aromatic rings. The fraction of sp³-hybridized carbons (Fsp3) is 0.714. The molecule has 1 heterocycles. The van der Waals surface area contributed by atoms with E-state index in [1.165, 1.54) is 11.3 Å². The van der Waals surface area contributed by atoms with Crippen molar-refractivity contribution in [3.05, 3.63) is 17.0 Å². The smallest absolute Gasteiger partial charge is 0.250 e. The molecule has 0 radical (unpaired) electrons. The second-order valence-corrected chi connectivity index (χ2v) is 8.44. The van der Waals surface area contributed by atoms with Gasteiger partial charge in [0.15, 0.2) is 0 Å². The number of nitrogens with one attached hydrogen (secondary N) is 2. The highest BCUT2D eigenvalue weighted by atomic mass is 32.2. The van der Waals surface area contributed by atoms with Crippen molar-refractivity contribution in [2.75, 3.05) is 40.3 Å². The van der Waals surface area contributed by atoms with Crippen LogP contribution in [-0.4, -0.2) is 53.6 Å². The Morgan fingerprint density at radius 3 is 2.62 bits per heavy atom. The molecule has 0 fully saturated rings. The van der Waals surface area contributed by atoms with E-state index in [1.54, 1.807) is 6.07 Å². The zero-order valence-electron chi connectivity index (χ0n) is 13.2. The van der Waals surface area contributed by atoms with Crippen molar-refractivity contribution < 1.29 is 8.42 Å². The maximum atomic E-state index is 12.1. The molecule has 0 aliphatic rings. The van der Waals surface area contributed by atoms with E-state index in [0.717, 1.165) is 43.8 Å². The molecule has 1 aromatic heterocycles. The van der Waals surface area contributed by atoms with Gasteiger partial charge in [0, 0.05) is 11.4 Å². The van der Waals surface area contributed by atoms with Crippen molar-refractivity contribution in [2.45, 2.75) is 30.4 Å². The summed E-state index contributed by atoms with van der Waals surface area (Å²) in [5.41, 5.74) is 0. The Morgan fingerprint density at radius 1 is 1.19 bits per heavy atom. The van der Waals surface area contributed by atoms with Crippen LogP contribution in [0.2, 0.25) is 0 Å². The quantitative estimate of drug-likeness (QED) is 0.603. The Morgan fingerprint density at radius 2 is 1.95 bits per heavy atom. The van der Waals surface area contributed by atoms with Gasteiger partial charge in [0.05, 0.1) is 0 Å². The molecule has 2 N–H and O–H groups in total. The minimum absolute atomic E-state index is 0.415. The molecule has 0 saturated carbocycles. The predicted octanol–water partition coefficient (Wildman–Crippen LogP) is 1.52. The van der Waals surface area contributed by atoms with Gasteiger partial charge in [0.1, 0.15) is 4.21 Å². The zero-order chi connectivity index (χ0) is 15.7. The number of hydrogen-bond acceptors (Lipinski definition) is 5. The van der Waals surface area contributed by atoms with E-state index in [2.05, 4.69) is 17.0 Å². The molecule has 0 aliphatic heterocycles. The van der Waals surface area contributed by atoms with E-state index >= 15 is 0 Å². The van der Waals surface area contributed by atoms with Crippen LogP contribution in [-0.2, 0) is 16.4 Å². The standard InChI is InChI=1S/C14H27N3O2S2/c1-4-9-15-11-8-13-6-7-14(20-13)21(18,19)16-10-5-12-17(2)3/h6-7,15-16H,4-5,8-12H2,1-3H3. The van der Waals surface area contributed by atoms with E-state index in [9.17, 15) is 8.42 Å². The van der Waals surface area contributed by atoms with Crippen molar-refractivity contribution in [1.29, 1.82) is 0 Å². The third-order valence-corrected chi connectivity index (χ3v) is 6.05. The van der Waals surface area contributed by atoms with Crippen molar-refractivity contribution >= 4 is 21.4 Å². The van der Waals surface area contributed by atoms with Crippen molar-refractivity contribution in [3.63, 3.8) is 0 Å². The molecule has 122 valence electrons. The van der Waals surface area contributed by atoms with E-state index < -0.39 is 10.0 Å². The molecular weight excluding hydrogens is 306 g/mol. The lowest BCUT2D eigenvalue weighted by atomic mass is 10.3. The van der Waals surface area contributed by atoms with Gasteiger partial charge in [0.2, 0.25) is 10.0 Å². The van der Waals surface area contributed by atoms with E-state index in [1.807, 2.05) is 25.1 Å². The maximum Gasteiger partial charge on any atom is 0.250 e. The summed E-state index contributed by atoms with van der Waals surface area (Å²) in [5, 5.41) is 3.32. The maximum absolute atomic E-state index is 12.1. The highest BCUT2D eigenvalue weighted by Gasteiger charge is 2.15. The molecule has 0 aromatic carbocycles. The summed E-state index contributed by atoms with van der Waals surface area (Å²) < 4.78 is 27.3. The van der Waals surface area contributed by atoms with Gasteiger partial charge in [-0.3, -0.25) is 0 Å². The van der Waals surface area contributed by atoms with Gasteiger partial charge in [-0.05, 0) is 65.1 Å². The first-order valence-electron chi connectivity index (χ1n) is 7.39. The van der Waals surface area contributed by atoms with Crippen LogP contribution in [0.15, 0.2) is 16.3 Å². The van der Waals surface area contributed by atoms with Crippen molar-refractivity contribution in [2.24, 2.45) is 0 Å². The zero-order valence-corrected chi connectivity index (χ0v) is 14.8. The molecule has 7 heteroatoms. The van der Waals surface area contributed by atoms with Crippen LogP contribution >= 0.6 is 11.3 Å². The Hall–Kier alpha value is -0.470. The summed E-state index contributed by atoms with van der Waals surface area (Å²) >= 11 is 1.36. The Kier molecular flexibility index (Phi) is 8.43. The van der Waals surface area contributed by atoms with Crippen molar-refractivity contribution in [1.82, 2.24) is 14.9 Å². The number of rotatable bonds is 11. The highest BCUT2D eigenvalue weighted by molar-refractivity contribution is 7.91. The fourth-order valence-electron chi connectivity index (χ4n) is 1.82. The predicted molar refractivity (Wildman–Crippen MR) is 89.5 cm³/mol. The van der Waals surface area contributed by atoms with Gasteiger partial charge in [-0.25, -0.2) is 13.1 Å². The highest BCUT2D eigenvalue weighted by Crippen LogP contribution is 2.21. The first-order valence-corrected chi connectivity index (χ1v) is 9.69. The summed E-state index contributed by atoms with van der Waals surface area (Å²) in [6.07, 6.45) is 2.80. The lowest BCUT2D eigenvalue weighted by molar-refractivity contribution is 0.400. The molecular formula is C14H27N3O2S2. The molecule has 0 saturated heterocycles. The van der Waals surface area contributed by atoms with E-state index in [4.69, 9.17) is 0 Å². The van der Waals surface area contributed by atoms with Gasteiger partial charge >= 0.3 is 0 Å². The van der Waals surface area contributed by atoms with Crippen molar-refractivity contribution in [3.8, 4) is 0 Å². The van der Waals surface area contributed by atoms with Crippen LogP contribution in [0.4, 0.5) is 0 Å². The second kappa shape index (κ2) is 9.53. The number of nitrogens with zero attached hydrogens (tertiary/aromatic N) is 1. The van der Waals surface area contributed by atoms with Gasteiger partial charge in [-0.15, -0.1) is 11.3 Å². The normalized spacial score (nSPS) is 12.2. The van der Waals surface area contributed by atoms with Crippen LogP contribution in [0.3, 0.4) is 0 Å². The molecule has 0 bridgehead atoms. The third-order valence-electron chi connectivity index (χ3n) is 2.95. The molecule has 1 rings (SSSR count). The van der Waals surface area contributed by atoms with Gasteiger partial charge in [-0.1, -0.05) is 6.92 Å². The minimum atomic E-state index is -3.34. The largest absolute Gasteiger partial charge is 0.316 e. The second-order valence-electron chi connectivity index (χ2n) is 5.28. The number of thiophene rings is 1. The summed E-state index contributed by atoms with van der Waals surface area (Å²) in [6, 6.07) is 3.61. The molecule has 0 atom stereocenters. The molecule has 0 amide bonds. The topological polar surface area (TPSA) is 61.4 Å². The average molecular weight is 334 g/mol. The number of hydrogen-bond donors (Lipinski definition) is 2. The molecule has 0 aliphatic carbocycles. The SMILES string of the molecule is CCCNCCc1ccc(S(=O)(=O)NCCCN(C)C)s1. The van der Waals surface area contributed by atoms with E-state index in [-0.39, 0.29) is 0 Å². The van der Waals surface area contributed by atoms with E-state index in [0.29, 0.717) is 10.8 Å². The molecule has 0 spiro atoms.